The van der Waals surface area contributed by atoms with E-state index < -0.39 is 10.0 Å². The van der Waals surface area contributed by atoms with Crippen molar-refractivity contribution in [3.63, 3.8) is 0 Å². The molecule has 112 valence electrons. The third kappa shape index (κ3) is 3.40. The molecule has 2 aromatic rings. The van der Waals surface area contributed by atoms with Crippen molar-refractivity contribution in [2.45, 2.75) is 18.4 Å². The number of sulfonamides is 1. The van der Waals surface area contributed by atoms with E-state index in [1.807, 2.05) is 13.0 Å². The molecule has 0 radical (unpaired) electrons. The van der Waals surface area contributed by atoms with Crippen LogP contribution in [0.15, 0.2) is 41.4 Å². The molecule has 0 aliphatic rings. The van der Waals surface area contributed by atoms with E-state index in [9.17, 15) is 8.42 Å². The van der Waals surface area contributed by atoms with E-state index in [0.29, 0.717) is 12.4 Å². The van der Waals surface area contributed by atoms with Crippen LogP contribution in [0.25, 0.3) is 0 Å². The minimum Gasteiger partial charge on any atom is -0.396 e. The van der Waals surface area contributed by atoms with Crippen molar-refractivity contribution < 1.29 is 13.0 Å². The van der Waals surface area contributed by atoms with Gasteiger partial charge < -0.3 is 5.73 Å². The number of hydrogen-bond acceptors (Lipinski definition) is 3. The second-order valence-electron chi connectivity index (χ2n) is 4.28. The molecule has 0 spiro atoms. The Morgan fingerprint density at radius 3 is 2.43 bits per heavy atom. The van der Waals surface area contributed by atoms with E-state index >= 15 is 0 Å². The Balaban J connectivity index is 2.44. The number of rotatable bonds is 4. The van der Waals surface area contributed by atoms with E-state index in [0.717, 1.165) is 0 Å². The highest BCUT2D eigenvalue weighted by atomic mass is 35.5. The minimum absolute atomic E-state index is 0.0433. The Morgan fingerprint density at radius 2 is 1.86 bits per heavy atom. The lowest BCUT2D eigenvalue weighted by Gasteiger charge is -2.08. The average Bonchev–Trinajstić information content (AvgIpc) is 2.44. The number of halogens is 2. The van der Waals surface area contributed by atoms with Gasteiger partial charge in [0.25, 0.3) is 5.82 Å². The molecule has 0 fully saturated rings. The predicted octanol–water partition coefficient (Wildman–Crippen LogP) is 2.68. The third-order valence-electron chi connectivity index (χ3n) is 2.88. The summed E-state index contributed by atoms with van der Waals surface area (Å²) in [6.45, 7) is 2.54. The molecular weight excluding hydrogens is 333 g/mol. The van der Waals surface area contributed by atoms with Crippen molar-refractivity contribution in [2.75, 3.05) is 10.5 Å². The predicted molar refractivity (Wildman–Crippen MR) is 84.0 cm³/mol. The number of aromatic nitrogens is 1. The fourth-order valence-electron chi connectivity index (χ4n) is 1.76. The number of benzene rings is 1. The Morgan fingerprint density at radius 1 is 1.24 bits per heavy atom. The Bertz CT molecular complexity index is 756. The minimum atomic E-state index is -3.80. The molecule has 0 saturated carbocycles. The molecule has 0 bridgehead atoms. The van der Waals surface area contributed by atoms with Crippen LogP contribution in [-0.4, -0.2) is 8.42 Å². The first kappa shape index (κ1) is 15.9. The van der Waals surface area contributed by atoms with Gasteiger partial charge in [-0.25, -0.2) is 4.57 Å². The quantitative estimate of drug-likeness (QED) is 0.660. The molecule has 0 atom stereocenters. The van der Waals surface area contributed by atoms with Crippen molar-refractivity contribution in [3.8, 4) is 0 Å². The first-order valence-electron chi connectivity index (χ1n) is 6.11. The summed E-state index contributed by atoms with van der Waals surface area (Å²) in [5, 5.41) is 0.193. The summed E-state index contributed by atoms with van der Waals surface area (Å²) in [7, 11) is -3.80. The second kappa shape index (κ2) is 6.09. The lowest BCUT2D eigenvalue weighted by atomic mass is 10.3. The summed E-state index contributed by atoms with van der Waals surface area (Å²) < 4.78 is 29.1. The summed E-state index contributed by atoms with van der Waals surface area (Å²) >= 11 is 11.8. The number of nitrogen functional groups attached to an aromatic ring is 1. The van der Waals surface area contributed by atoms with E-state index in [1.165, 1.54) is 12.1 Å². The number of hydrogen-bond donors (Lipinski definition) is 2. The fraction of sp³-hybridized carbons (Fsp3) is 0.154. The maximum Gasteiger partial charge on any atom is 0.329 e. The molecule has 5 nitrogen and oxygen atoms in total. The van der Waals surface area contributed by atoms with Gasteiger partial charge >= 0.3 is 10.0 Å². The summed E-state index contributed by atoms with van der Waals surface area (Å²) in [6, 6.07) is 7.77. The number of nitrogens with one attached hydrogen (secondary N) is 1. The zero-order chi connectivity index (χ0) is 15.6. The van der Waals surface area contributed by atoms with E-state index in [2.05, 4.69) is 4.72 Å². The monoisotopic (exact) mass is 346 g/mol. The van der Waals surface area contributed by atoms with Crippen molar-refractivity contribution in [2.24, 2.45) is 0 Å². The van der Waals surface area contributed by atoms with Crippen LogP contribution < -0.4 is 15.0 Å². The Hall–Kier alpha value is -1.50. The smallest absolute Gasteiger partial charge is 0.329 e. The van der Waals surface area contributed by atoms with Crippen LogP contribution >= 0.6 is 23.2 Å². The van der Waals surface area contributed by atoms with Gasteiger partial charge in [0.15, 0.2) is 0 Å². The van der Waals surface area contributed by atoms with Gasteiger partial charge in [0.05, 0.1) is 28.5 Å². The SMILES string of the molecule is CC[n+]1ccccc1NS(=O)(=O)c1cc(Cl)c(N)c(Cl)c1. The molecule has 3 N–H and O–H groups in total. The van der Waals surface area contributed by atoms with Crippen LogP contribution in [0.3, 0.4) is 0 Å². The zero-order valence-corrected chi connectivity index (χ0v) is 13.5. The highest BCUT2D eigenvalue weighted by Crippen LogP contribution is 2.31. The van der Waals surface area contributed by atoms with Gasteiger partial charge in [0, 0.05) is 6.07 Å². The highest BCUT2D eigenvalue weighted by Gasteiger charge is 2.23. The maximum absolute atomic E-state index is 12.4. The van der Waals surface area contributed by atoms with Crippen LogP contribution in [0.1, 0.15) is 6.92 Å². The van der Waals surface area contributed by atoms with Gasteiger partial charge in [0.2, 0.25) is 0 Å². The Labute approximate surface area is 133 Å². The third-order valence-corrected chi connectivity index (χ3v) is 4.84. The van der Waals surface area contributed by atoms with Crippen LogP contribution in [0.2, 0.25) is 10.0 Å². The molecule has 0 aliphatic carbocycles. The molecule has 1 aromatic carbocycles. The van der Waals surface area contributed by atoms with Gasteiger partial charge in [-0.2, -0.15) is 13.1 Å². The van der Waals surface area contributed by atoms with Crippen molar-refractivity contribution in [1.29, 1.82) is 0 Å². The van der Waals surface area contributed by atoms with Crippen molar-refractivity contribution in [3.05, 3.63) is 46.6 Å². The van der Waals surface area contributed by atoms with Crippen LogP contribution in [0.5, 0.6) is 0 Å². The van der Waals surface area contributed by atoms with E-state index in [1.54, 1.807) is 22.9 Å². The first-order chi connectivity index (χ1) is 9.85. The second-order valence-corrected chi connectivity index (χ2v) is 6.77. The van der Waals surface area contributed by atoms with Crippen LogP contribution in [0.4, 0.5) is 11.5 Å². The molecule has 1 heterocycles. The topological polar surface area (TPSA) is 76.1 Å². The van der Waals surface area contributed by atoms with Gasteiger partial charge in [-0.1, -0.05) is 29.3 Å². The summed E-state index contributed by atoms with van der Waals surface area (Å²) in [5.41, 5.74) is 5.76. The number of anilines is 2. The summed E-state index contributed by atoms with van der Waals surface area (Å²) in [4.78, 5) is -0.0433. The average molecular weight is 347 g/mol. The number of nitrogens with zero attached hydrogens (tertiary/aromatic N) is 1. The first-order valence-corrected chi connectivity index (χ1v) is 8.35. The Kier molecular flexibility index (Phi) is 4.61. The molecule has 8 heteroatoms. The molecule has 0 amide bonds. The number of aryl methyl sites for hydroxylation is 1. The van der Waals surface area contributed by atoms with E-state index in [4.69, 9.17) is 28.9 Å². The lowest BCUT2D eigenvalue weighted by molar-refractivity contribution is -0.679. The molecule has 21 heavy (non-hydrogen) atoms. The van der Waals surface area contributed by atoms with E-state index in [-0.39, 0.29) is 20.6 Å². The summed E-state index contributed by atoms with van der Waals surface area (Å²) in [5.74, 6) is 0.448. The lowest BCUT2D eigenvalue weighted by Crippen LogP contribution is -2.36. The van der Waals surface area contributed by atoms with Gasteiger partial charge in [-0.15, -0.1) is 0 Å². The highest BCUT2D eigenvalue weighted by molar-refractivity contribution is 7.92. The standard InChI is InChI=1S/C13H13Cl2N3O2S/c1-2-18-6-4-3-5-12(18)17-21(19,20)9-7-10(14)13(16)11(15)8-9/h3-8H,2,16H2,1H3/p+1. The van der Waals surface area contributed by atoms with Crippen LogP contribution in [0, 0.1) is 0 Å². The maximum atomic E-state index is 12.4. The molecular formula is C13H14Cl2N3O2S+. The van der Waals surface area contributed by atoms with Gasteiger partial charge in [0.1, 0.15) is 4.90 Å². The number of nitrogens with two attached hydrogens (primary N) is 1. The largest absolute Gasteiger partial charge is 0.396 e. The molecule has 2 rings (SSSR count). The fourth-order valence-corrected chi connectivity index (χ4v) is 3.50. The zero-order valence-electron chi connectivity index (χ0n) is 11.2. The molecule has 1 aromatic heterocycles. The molecule has 0 unspecified atom stereocenters. The normalized spacial score (nSPS) is 11.4. The molecule has 0 aliphatic heterocycles. The van der Waals surface area contributed by atoms with Crippen molar-refractivity contribution in [1.82, 2.24) is 0 Å². The number of pyridine rings is 1. The van der Waals surface area contributed by atoms with Gasteiger partial charge in [-0.05, 0) is 25.1 Å². The van der Waals surface area contributed by atoms with Gasteiger partial charge in [-0.3, -0.25) is 0 Å². The molecule has 0 saturated heterocycles. The van der Waals surface area contributed by atoms with Crippen molar-refractivity contribution >= 4 is 44.7 Å². The summed E-state index contributed by atoms with van der Waals surface area (Å²) in [6.07, 6.45) is 1.78. The van der Waals surface area contributed by atoms with Crippen LogP contribution in [-0.2, 0) is 16.6 Å².